The smallest absolute Gasteiger partial charge is 0.257 e. The second-order valence-electron chi connectivity index (χ2n) is 6.12. The molecule has 0 aliphatic rings. The van der Waals surface area contributed by atoms with Gasteiger partial charge < -0.3 is 15.6 Å². The van der Waals surface area contributed by atoms with Gasteiger partial charge in [0.25, 0.3) is 11.8 Å². The van der Waals surface area contributed by atoms with Crippen molar-refractivity contribution in [2.75, 3.05) is 6.54 Å². The number of hydrogen-bond donors (Lipinski definition) is 3. The fourth-order valence-corrected chi connectivity index (χ4v) is 2.73. The maximum Gasteiger partial charge on any atom is 0.257 e. The number of nitrogens with zero attached hydrogens (tertiary/aromatic N) is 1. The number of pyridine rings is 2. The van der Waals surface area contributed by atoms with Crippen LogP contribution in [0.25, 0.3) is 11.0 Å². The zero-order valence-corrected chi connectivity index (χ0v) is 15.1. The number of rotatable bonds is 5. The van der Waals surface area contributed by atoms with Crippen molar-refractivity contribution in [2.45, 2.75) is 20.4 Å². The topological polar surface area (TPSA) is 104 Å². The number of H-pyrrole nitrogens is 1. The summed E-state index contributed by atoms with van der Waals surface area (Å²) in [6.07, 6.45) is 1.37. The van der Waals surface area contributed by atoms with E-state index in [0.29, 0.717) is 23.1 Å². The van der Waals surface area contributed by atoms with Crippen molar-refractivity contribution in [3.8, 4) is 0 Å². The van der Waals surface area contributed by atoms with E-state index in [4.69, 9.17) is 0 Å². The Hall–Kier alpha value is -3.48. The molecule has 0 radical (unpaired) electrons. The van der Waals surface area contributed by atoms with Crippen LogP contribution in [0.15, 0.2) is 47.4 Å². The Morgan fingerprint density at radius 1 is 1.11 bits per heavy atom. The minimum atomic E-state index is -0.484. The standard InChI is InChI=1S/C20H20N4O3/c1-3-21-19(26)14-6-4-5-13(9-14)10-23-20(27)16-11-22-18-15(17(16)25)8-7-12(2)24-18/h4-9,11H,3,10H2,1-2H3,(H,21,26)(H,23,27)(H,22,24,25). The molecule has 0 saturated heterocycles. The van der Waals surface area contributed by atoms with Crippen molar-refractivity contribution in [2.24, 2.45) is 0 Å². The number of amides is 2. The fourth-order valence-electron chi connectivity index (χ4n) is 2.73. The third-order valence-corrected chi connectivity index (χ3v) is 4.10. The van der Waals surface area contributed by atoms with Gasteiger partial charge in [-0.25, -0.2) is 4.98 Å². The Bertz CT molecular complexity index is 1070. The SMILES string of the molecule is CCNC(=O)c1cccc(CNC(=O)c2c[nH]c3nc(C)ccc3c2=O)c1. The Morgan fingerprint density at radius 3 is 2.70 bits per heavy atom. The summed E-state index contributed by atoms with van der Waals surface area (Å²) >= 11 is 0. The Balaban J connectivity index is 1.77. The zero-order chi connectivity index (χ0) is 19.4. The molecule has 2 aromatic heterocycles. The van der Waals surface area contributed by atoms with Gasteiger partial charge in [0.2, 0.25) is 5.43 Å². The average Bonchev–Trinajstić information content (AvgIpc) is 2.66. The third-order valence-electron chi connectivity index (χ3n) is 4.10. The van der Waals surface area contributed by atoms with Crippen LogP contribution in [0.4, 0.5) is 0 Å². The lowest BCUT2D eigenvalue weighted by Crippen LogP contribution is -2.29. The largest absolute Gasteiger partial charge is 0.352 e. The number of benzene rings is 1. The van der Waals surface area contributed by atoms with Gasteiger partial charge in [-0.1, -0.05) is 12.1 Å². The molecule has 0 aliphatic carbocycles. The molecule has 3 rings (SSSR count). The van der Waals surface area contributed by atoms with Crippen LogP contribution in [0, 0.1) is 6.92 Å². The van der Waals surface area contributed by atoms with Gasteiger partial charge in [0, 0.05) is 30.5 Å². The lowest BCUT2D eigenvalue weighted by atomic mass is 10.1. The third kappa shape index (κ3) is 4.03. The zero-order valence-electron chi connectivity index (χ0n) is 15.1. The highest BCUT2D eigenvalue weighted by atomic mass is 16.2. The normalized spacial score (nSPS) is 10.6. The van der Waals surface area contributed by atoms with Crippen LogP contribution >= 0.6 is 0 Å². The van der Waals surface area contributed by atoms with Crippen LogP contribution in [0.1, 0.15) is 38.9 Å². The van der Waals surface area contributed by atoms with Gasteiger partial charge in [-0.3, -0.25) is 14.4 Å². The number of aryl methyl sites for hydroxylation is 1. The minimum absolute atomic E-state index is 0.0213. The lowest BCUT2D eigenvalue weighted by molar-refractivity contribution is 0.0946. The van der Waals surface area contributed by atoms with E-state index < -0.39 is 5.91 Å². The Morgan fingerprint density at radius 2 is 1.93 bits per heavy atom. The highest BCUT2D eigenvalue weighted by Gasteiger charge is 2.14. The second kappa shape index (κ2) is 7.82. The molecule has 138 valence electrons. The molecule has 0 unspecified atom stereocenters. The van der Waals surface area contributed by atoms with E-state index >= 15 is 0 Å². The highest BCUT2D eigenvalue weighted by Crippen LogP contribution is 2.08. The number of aromatic amines is 1. The molecule has 2 heterocycles. The molecule has 0 atom stereocenters. The predicted molar refractivity (Wildman–Crippen MR) is 103 cm³/mol. The van der Waals surface area contributed by atoms with Gasteiger partial charge in [0.15, 0.2) is 0 Å². The van der Waals surface area contributed by atoms with E-state index in [-0.39, 0.29) is 23.4 Å². The summed E-state index contributed by atoms with van der Waals surface area (Å²) in [5, 5.41) is 5.82. The molecule has 0 fully saturated rings. The molecule has 1 aromatic carbocycles. The molecule has 0 saturated carbocycles. The van der Waals surface area contributed by atoms with Crippen molar-refractivity contribution in [1.82, 2.24) is 20.6 Å². The Kier molecular flexibility index (Phi) is 5.30. The molecule has 0 spiro atoms. The minimum Gasteiger partial charge on any atom is -0.352 e. The summed E-state index contributed by atoms with van der Waals surface area (Å²) in [5.74, 6) is -0.651. The molecular weight excluding hydrogens is 344 g/mol. The van der Waals surface area contributed by atoms with E-state index in [1.807, 2.05) is 13.8 Å². The first-order chi connectivity index (χ1) is 13.0. The van der Waals surface area contributed by atoms with E-state index in [1.54, 1.807) is 36.4 Å². The summed E-state index contributed by atoms with van der Waals surface area (Å²) in [6.45, 7) is 4.42. The maximum atomic E-state index is 12.5. The molecule has 27 heavy (non-hydrogen) atoms. The van der Waals surface area contributed by atoms with Crippen LogP contribution in [-0.4, -0.2) is 28.3 Å². The van der Waals surface area contributed by atoms with Gasteiger partial charge in [-0.15, -0.1) is 0 Å². The Labute approximate surface area is 155 Å². The first-order valence-electron chi connectivity index (χ1n) is 8.64. The maximum absolute atomic E-state index is 12.5. The van der Waals surface area contributed by atoms with Gasteiger partial charge in [-0.05, 0) is 43.7 Å². The molecule has 7 nitrogen and oxygen atoms in total. The van der Waals surface area contributed by atoms with Crippen LogP contribution in [0.5, 0.6) is 0 Å². The average molecular weight is 364 g/mol. The van der Waals surface area contributed by atoms with Crippen LogP contribution in [-0.2, 0) is 6.54 Å². The molecule has 3 N–H and O–H groups in total. The lowest BCUT2D eigenvalue weighted by Gasteiger charge is -2.08. The molecule has 0 aliphatic heterocycles. The van der Waals surface area contributed by atoms with Crippen molar-refractivity contribution >= 4 is 22.8 Å². The first-order valence-corrected chi connectivity index (χ1v) is 8.64. The van der Waals surface area contributed by atoms with Crippen molar-refractivity contribution in [3.63, 3.8) is 0 Å². The monoisotopic (exact) mass is 364 g/mol. The van der Waals surface area contributed by atoms with E-state index in [9.17, 15) is 14.4 Å². The summed E-state index contributed by atoms with van der Waals surface area (Å²) in [7, 11) is 0. The van der Waals surface area contributed by atoms with Gasteiger partial charge in [0.1, 0.15) is 11.2 Å². The number of carbonyl (C=O) groups excluding carboxylic acids is 2. The summed E-state index contributed by atoms with van der Waals surface area (Å²) < 4.78 is 0. The quantitative estimate of drug-likeness (QED) is 0.643. The van der Waals surface area contributed by atoms with E-state index in [0.717, 1.165) is 11.3 Å². The van der Waals surface area contributed by atoms with Crippen LogP contribution in [0.3, 0.4) is 0 Å². The van der Waals surface area contributed by atoms with Gasteiger partial charge in [-0.2, -0.15) is 0 Å². The van der Waals surface area contributed by atoms with E-state index in [1.165, 1.54) is 6.20 Å². The summed E-state index contributed by atoms with van der Waals surface area (Å²) in [6, 6.07) is 10.4. The van der Waals surface area contributed by atoms with Crippen molar-refractivity contribution < 1.29 is 9.59 Å². The number of carbonyl (C=O) groups is 2. The van der Waals surface area contributed by atoms with Crippen molar-refractivity contribution in [1.29, 1.82) is 0 Å². The van der Waals surface area contributed by atoms with E-state index in [2.05, 4.69) is 20.6 Å². The summed E-state index contributed by atoms with van der Waals surface area (Å²) in [4.78, 5) is 44.0. The molecule has 7 heteroatoms. The van der Waals surface area contributed by atoms with Gasteiger partial charge >= 0.3 is 0 Å². The number of hydrogen-bond acceptors (Lipinski definition) is 4. The fraction of sp³-hybridized carbons (Fsp3) is 0.200. The second-order valence-corrected chi connectivity index (χ2v) is 6.12. The number of nitrogens with one attached hydrogen (secondary N) is 3. The molecule has 3 aromatic rings. The molecule has 2 amide bonds. The predicted octanol–water partition coefficient (Wildman–Crippen LogP) is 1.91. The summed E-state index contributed by atoms with van der Waals surface area (Å²) in [5.41, 5.74) is 2.17. The van der Waals surface area contributed by atoms with Gasteiger partial charge in [0.05, 0.1) is 5.39 Å². The number of aromatic nitrogens is 2. The highest BCUT2D eigenvalue weighted by molar-refractivity contribution is 5.97. The van der Waals surface area contributed by atoms with Crippen molar-refractivity contribution in [3.05, 3.63) is 75.2 Å². The first kappa shape index (κ1) is 18.3. The number of fused-ring (bicyclic) bond motifs is 1. The van der Waals surface area contributed by atoms with Crippen LogP contribution in [0.2, 0.25) is 0 Å². The molecule has 0 bridgehead atoms. The molecular formula is C20H20N4O3. The van der Waals surface area contributed by atoms with Crippen LogP contribution < -0.4 is 16.1 Å².